The van der Waals surface area contributed by atoms with Gasteiger partial charge in [-0.25, -0.2) is 0 Å². The van der Waals surface area contributed by atoms with Crippen molar-refractivity contribution in [2.24, 2.45) is 0 Å². The third-order valence-corrected chi connectivity index (χ3v) is 14.0. The predicted octanol–water partition coefficient (Wildman–Crippen LogP) is 14.7. The molecule has 5 aliphatic carbocycles. The number of hydrogen-bond donors (Lipinski definition) is 1. The molecule has 0 spiro atoms. The molecule has 5 aromatic rings. The molecule has 0 saturated heterocycles. The van der Waals surface area contributed by atoms with Gasteiger partial charge >= 0.3 is 0 Å². The first-order valence-electron chi connectivity index (χ1n) is 19.9. The van der Waals surface area contributed by atoms with Crippen molar-refractivity contribution in [2.75, 3.05) is 6.26 Å². The highest BCUT2D eigenvalue weighted by atomic mass is 32.1. The summed E-state index contributed by atoms with van der Waals surface area (Å²) in [6.45, 7) is 21.7. The summed E-state index contributed by atoms with van der Waals surface area (Å²) in [6, 6.07) is 37.9. The van der Waals surface area contributed by atoms with Gasteiger partial charge in [0.1, 0.15) is 0 Å². The molecule has 0 radical (unpaired) electrons. The summed E-state index contributed by atoms with van der Waals surface area (Å²) >= 11 is 3.53. The molecule has 5 aliphatic rings. The second kappa shape index (κ2) is 12.6. The van der Waals surface area contributed by atoms with Crippen molar-refractivity contribution in [3.05, 3.63) is 170 Å². The van der Waals surface area contributed by atoms with E-state index in [1.807, 2.05) is 0 Å². The van der Waals surface area contributed by atoms with Crippen LogP contribution in [0.2, 0.25) is 0 Å². The molecule has 5 aromatic carbocycles. The monoisotopic (exact) mass is 738 g/mol. The van der Waals surface area contributed by atoms with Crippen molar-refractivity contribution in [1.82, 2.24) is 0 Å². The van der Waals surface area contributed by atoms with Crippen molar-refractivity contribution < 1.29 is 0 Å². The number of fused-ring (bicyclic) bond motifs is 9. The highest BCUT2D eigenvalue weighted by Gasteiger charge is 2.49. The Balaban J connectivity index is 0.00000140. The Labute approximate surface area is 336 Å². The van der Waals surface area contributed by atoms with Crippen molar-refractivity contribution >= 4 is 29.9 Å². The zero-order valence-electron chi connectivity index (χ0n) is 33.8. The minimum Gasteiger partial charge on any atom is -0.183 e. The van der Waals surface area contributed by atoms with Gasteiger partial charge in [-0.15, -0.1) is 0 Å². The predicted molar refractivity (Wildman–Crippen MR) is 243 cm³/mol. The largest absolute Gasteiger partial charge is 0.183 e. The SMILES string of the molecule is C.CC(C)(C)c1ccc(-c2ccc3c(c2)C(C)(C)c2cc4c(cc2-3)C(C)(C)C2=C4C=C3C(C2)c2ccc(C4=Cc5ccccc5C4)cc2C3(C)C)cc1.CS. The number of thiol groups is 1. The fourth-order valence-corrected chi connectivity index (χ4v) is 10.7. The van der Waals surface area contributed by atoms with Gasteiger partial charge < -0.3 is 0 Å². The first-order valence-corrected chi connectivity index (χ1v) is 20.8. The molecule has 0 bridgehead atoms. The highest BCUT2D eigenvalue weighted by molar-refractivity contribution is 7.79. The van der Waals surface area contributed by atoms with Crippen LogP contribution in [0, 0.1) is 0 Å². The van der Waals surface area contributed by atoms with Gasteiger partial charge in [0, 0.05) is 22.2 Å². The lowest BCUT2D eigenvalue weighted by Gasteiger charge is -2.32. The third-order valence-electron chi connectivity index (χ3n) is 14.0. The maximum atomic E-state index is 3.53. The topological polar surface area (TPSA) is 0 Å². The lowest BCUT2D eigenvalue weighted by molar-refractivity contribution is 0.561. The Morgan fingerprint density at radius 3 is 1.91 bits per heavy atom. The van der Waals surface area contributed by atoms with Gasteiger partial charge in [-0.2, -0.15) is 12.6 Å². The van der Waals surface area contributed by atoms with Crippen LogP contribution >= 0.6 is 12.6 Å². The van der Waals surface area contributed by atoms with E-state index in [4.69, 9.17) is 0 Å². The van der Waals surface area contributed by atoms with E-state index in [1.165, 1.54) is 89.0 Å². The van der Waals surface area contributed by atoms with Gasteiger partial charge in [-0.05, 0) is 132 Å². The van der Waals surface area contributed by atoms with Gasteiger partial charge in [-0.1, -0.05) is 172 Å². The van der Waals surface area contributed by atoms with Gasteiger partial charge in [-0.3, -0.25) is 0 Å². The highest BCUT2D eigenvalue weighted by Crippen LogP contribution is 2.62. The molecule has 0 aromatic heterocycles. The Morgan fingerprint density at radius 1 is 0.582 bits per heavy atom. The van der Waals surface area contributed by atoms with Crippen LogP contribution in [0.3, 0.4) is 0 Å². The average molecular weight is 739 g/mol. The first-order chi connectivity index (χ1) is 25.6. The summed E-state index contributed by atoms with van der Waals surface area (Å²) in [4.78, 5) is 0. The maximum absolute atomic E-state index is 3.53. The summed E-state index contributed by atoms with van der Waals surface area (Å²) in [6.07, 6.45) is 8.87. The van der Waals surface area contributed by atoms with Crippen LogP contribution < -0.4 is 0 Å². The van der Waals surface area contributed by atoms with E-state index >= 15 is 0 Å². The van der Waals surface area contributed by atoms with Crippen molar-refractivity contribution in [3.8, 4) is 22.3 Å². The van der Waals surface area contributed by atoms with Crippen molar-refractivity contribution in [2.45, 2.75) is 110 Å². The molecule has 0 N–H and O–H groups in total. The third kappa shape index (κ3) is 5.39. The van der Waals surface area contributed by atoms with E-state index in [2.05, 4.69) is 184 Å². The molecule has 1 heteroatoms. The molecule has 0 saturated carbocycles. The lowest BCUT2D eigenvalue weighted by atomic mass is 9.71. The van der Waals surface area contributed by atoms with Crippen molar-refractivity contribution in [3.63, 3.8) is 0 Å². The second-order valence-electron chi connectivity index (χ2n) is 19.0. The van der Waals surface area contributed by atoms with Crippen molar-refractivity contribution in [1.29, 1.82) is 0 Å². The smallest absolute Gasteiger partial charge is 0.0159 e. The number of rotatable bonds is 2. The summed E-state index contributed by atoms with van der Waals surface area (Å²) in [5.74, 6) is 0.445. The Bertz CT molecular complexity index is 2500. The van der Waals surface area contributed by atoms with E-state index in [9.17, 15) is 0 Å². The van der Waals surface area contributed by atoms with Gasteiger partial charge in [0.15, 0.2) is 0 Å². The Kier molecular flexibility index (Phi) is 8.60. The molecule has 1 atom stereocenters. The normalized spacial score (nSPS) is 19.7. The molecule has 0 fully saturated rings. The second-order valence-corrected chi connectivity index (χ2v) is 19.0. The molecule has 0 heterocycles. The fourth-order valence-electron chi connectivity index (χ4n) is 10.7. The van der Waals surface area contributed by atoms with Crippen LogP contribution in [0.25, 0.3) is 39.5 Å². The maximum Gasteiger partial charge on any atom is 0.0159 e. The quantitative estimate of drug-likeness (QED) is 0.171. The molecule has 280 valence electrons. The van der Waals surface area contributed by atoms with E-state index in [0.717, 1.165) is 12.8 Å². The van der Waals surface area contributed by atoms with E-state index in [1.54, 1.807) is 17.4 Å². The molecule has 1 unspecified atom stereocenters. The summed E-state index contributed by atoms with van der Waals surface area (Å²) < 4.78 is 0. The zero-order chi connectivity index (χ0) is 38.1. The standard InChI is InChI=1S/C52H50.CH4S.CH4/c1-49(2,3)36-18-14-30(15-19-36)33-16-20-37-39-26-47-41(28-45(39)50(4,5)43(37)24-33)42-29-46-40(27-48(42)52(47,8)9)38-21-17-34(25-44(38)51(46,6)7)35-22-31-12-10-11-13-32(31)23-35;1-2;/h10-22,24-26,28-29,40H,23,27H2,1-9H3;2H,1H3;1H4. The molecule has 0 aliphatic heterocycles. The first kappa shape index (κ1) is 37.6. The number of benzene rings is 5. The van der Waals surface area contributed by atoms with E-state index < -0.39 is 0 Å². The van der Waals surface area contributed by atoms with Crippen LogP contribution in [0.15, 0.2) is 114 Å². The van der Waals surface area contributed by atoms with Crippen LogP contribution in [-0.2, 0) is 28.1 Å². The molecule has 0 nitrogen and oxygen atoms in total. The summed E-state index contributed by atoms with van der Waals surface area (Å²) in [7, 11) is 0. The number of allylic oxidation sites excluding steroid dienone is 5. The minimum atomic E-state index is -0.0767. The molecular weight excluding hydrogens is 681 g/mol. The average Bonchev–Trinajstić information content (AvgIpc) is 3.82. The zero-order valence-corrected chi connectivity index (χ0v) is 34.7. The lowest BCUT2D eigenvalue weighted by Crippen LogP contribution is -2.22. The van der Waals surface area contributed by atoms with Gasteiger partial charge in [0.2, 0.25) is 0 Å². The van der Waals surface area contributed by atoms with Crippen LogP contribution in [0.1, 0.15) is 138 Å². The number of hydrogen-bond acceptors (Lipinski definition) is 1. The van der Waals surface area contributed by atoms with Gasteiger partial charge in [0.05, 0.1) is 0 Å². The summed E-state index contributed by atoms with van der Waals surface area (Å²) in [5, 5.41) is 0. The minimum absolute atomic E-state index is 0. The summed E-state index contributed by atoms with van der Waals surface area (Å²) in [5.41, 5.74) is 26.1. The van der Waals surface area contributed by atoms with Crippen LogP contribution in [-0.4, -0.2) is 6.26 Å². The Hall–Kier alpha value is -4.33. The molecule has 0 amide bonds. The molecule has 55 heavy (non-hydrogen) atoms. The molecular formula is C54H58S. The van der Waals surface area contributed by atoms with Crippen LogP contribution in [0.5, 0.6) is 0 Å². The Morgan fingerprint density at radius 2 is 1.20 bits per heavy atom. The fraction of sp³-hybridized carbons (Fsp3) is 0.333. The molecule has 10 rings (SSSR count). The van der Waals surface area contributed by atoms with E-state index in [-0.39, 0.29) is 29.1 Å². The van der Waals surface area contributed by atoms with E-state index in [0.29, 0.717) is 5.92 Å². The van der Waals surface area contributed by atoms with Crippen LogP contribution in [0.4, 0.5) is 0 Å². The van der Waals surface area contributed by atoms with Gasteiger partial charge in [0.25, 0.3) is 0 Å².